The lowest BCUT2D eigenvalue weighted by molar-refractivity contribution is -0.117. The van der Waals surface area contributed by atoms with E-state index < -0.39 is 23.5 Å². The number of rotatable bonds is 4. The van der Waals surface area contributed by atoms with Crippen LogP contribution in [0.5, 0.6) is 0 Å². The molecule has 0 spiro atoms. The van der Waals surface area contributed by atoms with Crippen LogP contribution in [0.2, 0.25) is 5.02 Å². The van der Waals surface area contributed by atoms with Crippen LogP contribution < -0.4 is 4.90 Å². The zero-order valence-corrected chi connectivity index (χ0v) is 17.8. The van der Waals surface area contributed by atoms with Gasteiger partial charge in [0.15, 0.2) is 16.7 Å². The Labute approximate surface area is 186 Å². The number of hydrogen-bond acceptors (Lipinski definition) is 6. The molecule has 1 aliphatic heterocycles. The summed E-state index contributed by atoms with van der Waals surface area (Å²) in [5.41, 5.74) is 2.34. The monoisotopic (exact) mass is 450 g/mol. The Morgan fingerprint density at radius 3 is 2.68 bits per heavy atom. The topological polar surface area (TPSA) is 83.6 Å². The summed E-state index contributed by atoms with van der Waals surface area (Å²) in [5, 5.41) is 11.7. The van der Waals surface area contributed by atoms with Gasteiger partial charge in [0.25, 0.3) is 5.91 Å². The number of ketones is 1. The summed E-state index contributed by atoms with van der Waals surface area (Å²) in [6, 6.07) is 14.9. The Bertz CT molecular complexity index is 1360. The number of furan rings is 1. The highest BCUT2D eigenvalue weighted by molar-refractivity contribution is 7.22. The van der Waals surface area contributed by atoms with Crippen molar-refractivity contribution in [2.24, 2.45) is 0 Å². The number of carbonyl (C=O) groups excluding carboxylic acids is 2. The number of hydrogen-bond donors (Lipinski definition) is 1. The summed E-state index contributed by atoms with van der Waals surface area (Å²) in [6.07, 6.45) is 1.37. The van der Waals surface area contributed by atoms with E-state index in [9.17, 15) is 14.7 Å². The quantitative estimate of drug-likeness (QED) is 0.407. The summed E-state index contributed by atoms with van der Waals surface area (Å²) in [5.74, 6) is -1.80. The van der Waals surface area contributed by atoms with Crippen LogP contribution in [-0.2, 0) is 4.79 Å². The van der Waals surface area contributed by atoms with Crippen molar-refractivity contribution in [3.8, 4) is 0 Å². The zero-order valence-electron chi connectivity index (χ0n) is 16.2. The van der Waals surface area contributed by atoms with E-state index in [2.05, 4.69) is 4.98 Å². The Balaban J connectivity index is 1.68. The first-order valence-electron chi connectivity index (χ1n) is 9.41. The summed E-state index contributed by atoms with van der Waals surface area (Å²) in [7, 11) is 0. The fourth-order valence-corrected chi connectivity index (χ4v) is 4.90. The minimum atomic E-state index is -0.846. The number of thiazole rings is 1. The van der Waals surface area contributed by atoms with Gasteiger partial charge < -0.3 is 9.52 Å². The molecule has 0 aliphatic carbocycles. The molecule has 0 bridgehead atoms. The smallest absolute Gasteiger partial charge is 0.296 e. The summed E-state index contributed by atoms with van der Waals surface area (Å²) in [6.45, 7) is 1.95. The molecule has 1 N–H and O–H groups in total. The maximum Gasteiger partial charge on any atom is 0.296 e. The molecule has 5 rings (SSSR count). The van der Waals surface area contributed by atoms with Crippen molar-refractivity contribution in [3.05, 3.63) is 94.1 Å². The van der Waals surface area contributed by atoms with E-state index in [0.29, 0.717) is 21.2 Å². The fraction of sp³-hybridized carbons (Fsp3) is 0.0870. The molecule has 1 aliphatic rings. The van der Waals surface area contributed by atoms with Gasteiger partial charge in [-0.2, -0.15) is 0 Å². The van der Waals surface area contributed by atoms with Crippen LogP contribution in [-0.4, -0.2) is 21.8 Å². The molecule has 0 saturated heterocycles. The second-order valence-corrected chi connectivity index (χ2v) is 8.61. The number of aromatic nitrogens is 1. The van der Waals surface area contributed by atoms with Crippen LogP contribution in [0.15, 0.2) is 76.6 Å². The molecule has 0 fully saturated rings. The van der Waals surface area contributed by atoms with Gasteiger partial charge in [-0.25, -0.2) is 4.98 Å². The number of benzene rings is 2. The molecule has 154 valence electrons. The first-order valence-corrected chi connectivity index (χ1v) is 10.6. The fourth-order valence-electron chi connectivity index (χ4n) is 3.63. The molecule has 31 heavy (non-hydrogen) atoms. The molecular weight excluding hydrogens is 436 g/mol. The van der Waals surface area contributed by atoms with E-state index >= 15 is 0 Å². The minimum Gasteiger partial charge on any atom is -0.503 e. The maximum absolute atomic E-state index is 13.2. The van der Waals surface area contributed by atoms with Crippen LogP contribution >= 0.6 is 22.9 Å². The van der Waals surface area contributed by atoms with Gasteiger partial charge in [0.1, 0.15) is 0 Å². The van der Waals surface area contributed by atoms with Crippen LogP contribution in [0.1, 0.15) is 27.7 Å². The van der Waals surface area contributed by atoms with E-state index in [4.69, 9.17) is 16.0 Å². The van der Waals surface area contributed by atoms with Crippen molar-refractivity contribution < 1.29 is 19.1 Å². The standard InChI is InChI=1S/C23H15ClN2O4S/c1-12-4-6-13(7-5-12)19-18(20(27)16-3-2-10-30-16)21(28)22(29)26(19)23-25-15-9-8-14(24)11-17(15)31-23/h2-11,19,28H,1H3. The van der Waals surface area contributed by atoms with Gasteiger partial charge in [0.05, 0.1) is 28.1 Å². The number of carbonyl (C=O) groups is 2. The van der Waals surface area contributed by atoms with Crippen LogP contribution in [0.3, 0.4) is 0 Å². The summed E-state index contributed by atoms with van der Waals surface area (Å²) >= 11 is 7.36. The maximum atomic E-state index is 13.2. The molecule has 1 unspecified atom stereocenters. The largest absolute Gasteiger partial charge is 0.503 e. The van der Waals surface area contributed by atoms with Gasteiger partial charge in [0.2, 0.25) is 5.78 Å². The lowest BCUT2D eigenvalue weighted by Gasteiger charge is -2.24. The predicted octanol–water partition coefficient (Wildman–Crippen LogP) is 5.63. The van der Waals surface area contributed by atoms with Crippen LogP contribution in [0.25, 0.3) is 10.2 Å². The molecule has 1 atom stereocenters. The van der Waals surface area contributed by atoms with Crippen molar-refractivity contribution >= 4 is 50.0 Å². The molecule has 2 aromatic carbocycles. The second kappa shape index (κ2) is 7.37. The number of aryl methyl sites for hydroxylation is 1. The average Bonchev–Trinajstić information content (AvgIpc) is 3.47. The van der Waals surface area contributed by atoms with Crippen molar-refractivity contribution in [3.63, 3.8) is 0 Å². The van der Waals surface area contributed by atoms with Gasteiger partial charge in [-0.3, -0.25) is 14.5 Å². The molecule has 1 amide bonds. The number of anilines is 1. The van der Waals surface area contributed by atoms with Gasteiger partial charge in [0, 0.05) is 5.02 Å². The Kier molecular flexibility index (Phi) is 4.64. The minimum absolute atomic E-state index is 0.0407. The molecule has 0 saturated carbocycles. The third-order valence-corrected chi connectivity index (χ3v) is 6.39. The number of aliphatic hydroxyl groups excluding tert-OH is 1. The van der Waals surface area contributed by atoms with Crippen LogP contribution in [0.4, 0.5) is 5.13 Å². The number of fused-ring (bicyclic) bond motifs is 1. The Morgan fingerprint density at radius 2 is 1.97 bits per heavy atom. The predicted molar refractivity (Wildman–Crippen MR) is 119 cm³/mol. The lowest BCUT2D eigenvalue weighted by Crippen LogP contribution is -2.30. The number of nitrogens with zero attached hydrogens (tertiary/aromatic N) is 2. The van der Waals surface area contributed by atoms with E-state index in [1.165, 1.54) is 28.6 Å². The molecule has 3 heterocycles. The molecule has 4 aromatic rings. The van der Waals surface area contributed by atoms with E-state index in [1.807, 2.05) is 31.2 Å². The lowest BCUT2D eigenvalue weighted by atomic mass is 9.94. The van der Waals surface area contributed by atoms with Crippen LogP contribution in [0, 0.1) is 6.92 Å². The third kappa shape index (κ3) is 3.22. The highest BCUT2D eigenvalue weighted by Gasteiger charge is 2.46. The highest BCUT2D eigenvalue weighted by atomic mass is 35.5. The van der Waals surface area contributed by atoms with Gasteiger partial charge in [-0.05, 0) is 42.8 Å². The molecule has 6 nitrogen and oxygen atoms in total. The Morgan fingerprint density at radius 1 is 1.19 bits per heavy atom. The van der Waals surface area contributed by atoms with E-state index in [1.54, 1.807) is 24.3 Å². The Hall–Kier alpha value is -3.42. The summed E-state index contributed by atoms with van der Waals surface area (Å²) in [4.78, 5) is 32.3. The van der Waals surface area contributed by atoms with E-state index in [-0.39, 0.29) is 11.3 Å². The van der Waals surface area contributed by atoms with Gasteiger partial charge in [-0.1, -0.05) is 52.8 Å². The molecule has 2 aromatic heterocycles. The average molecular weight is 451 g/mol. The van der Waals surface area contributed by atoms with Crippen molar-refractivity contribution in [2.45, 2.75) is 13.0 Å². The van der Waals surface area contributed by atoms with Crippen molar-refractivity contribution in [1.29, 1.82) is 0 Å². The number of amides is 1. The highest BCUT2D eigenvalue weighted by Crippen LogP contribution is 2.44. The van der Waals surface area contributed by atoms with Gasteiger partial charge in [-0.15, -0.1) is 0 Å². The molecule has 0 radical (unpaired) electrons. The van der Waals surface area contributed by atoms with Crippen molar-refractivity contribution in [2.75, 3.05) is 4.90 Å². The third-order valence-electron chi connectivity index (χ3n) is 5.14. The summed E-state index contributed by atoms with van der Waals surface area (Å²) < 4.78 is 6.04. The molecule has 8 heteroatoms. The van der Waals surface area contributed by atoms with Gasteiger partial charge >= 0.3 is 0 Å². The number of halogens is 1. The first kappa shape index (κ1) is 19.5. The molecular formula is C23H15ClN2O4S. The second-order valence-electron chi connectivity index (χ2n) is 7.17. The number of aliphatic hydroxyl groups is 1. The van der Waals surface area contributed by atoms with E-state index in [0.717, 1.165) is 10.3 Å². The normalized spacial score (nSPS) is 16.5. The first-order chi connectivity index (χ1) is 14.9. The number of Topliss-reactive ketones (excluding diaryl/α,β-unsaturated/α-hetero) is 1. The SMILES string of the molecule is Cc1ccc(C2C(C(=O)c3ccco3)=C(O)C(=O)N2c2nc3ccc(Cl)cc3s2)cc1. The zero-order chi connectivity index (χ0) is 21.7. The van der Waals surface area contributed by atoms with Crippen molar-refractivity contribution in [1.82, 2.24) is 4.98 Å².